The third kappa shape index (κ3) is 3.74. The number of nitrogens with one attached hydrogen (secondary N) is 1. The van der Waals surface area contributed by atoms with E-state index >= 15 is 0 Å². The van der Waals surface area contributed by atoms with Crippen molar-refractivity contribution < 1.29 is 13.2 Å². The number of carbonyl (C=O) groups is 1. The van der Waals surface area contributed by atoms with Crippen LogP contribution >= 0.6 is 0 Å². The van der Waals surface area contributed by atoms with E-state index in [-0.39, 0.29) is 18.6 Å². The third-order valence-electron chi connectivity index (χ3n) is 4.25. The lowest BCUT2D eigenvalue weighted by Gasteiger charge is -2.15. The fraction of sp³-hybridized carbons (Fsp3) is 0.412. The average molecular weight is 363 g/mol. The van der Waals surface area contributed by atoms with E-state index < -0.39 is 16.1 Å². The summed E-state index contributed by atoms with van der Waals surface area (Å²) in [6.45, 7) is 4.81. The van der Waals surface area contributed by atoms with Gasteiger partial charge in [-0.3, -0.25) is 9.59 Å². The van der Waals surface area contributed by atoms with Crippen molar-refractivity contribution in [1.29, 1.82) is 0 Å². The van der Waals surface area contributed by atoms with Crippen LogP contribution in [0, 0.1) is 5.92 Å². The number of hydrogen-bond acceptors (Lipinski definition) is 4. The molecule has 1 fully saturated rings. The summed E-state index contributed by atoms with van der Waals surface area (Å²) in [6, 6.07) is 8.77. The first-order chi connectivity index (χ1) is 11.8. The summed E-state index contributed by atoms with van der Waals surface area (Å²) in [6.07, 6.45) is 0.903. The van der Waals surface area contributed by atoms with Gasteiger partial charge in [0.15, 0.2) is 0 Å². The standard InChI is InChI=1S/C17H21N3O4S/c1-12(2)7-8-20-15-5-3-13(9-14(15)4-6-17(20)22)10-19-11-16(21)18-25(19,23)24/h3-6,9,12H,7-8,10-11H2,1-2H3,(H,18,21). The van der Waals surface area contributed by atoms with Crippen molar-refractivity contribution in [1.82, 2.24) is 13.6 Å². The SMILES string of the molecule is CC(C)CCn1c(=O)ccc2cc(CN3CC(=O)NS3(=O)=O)ccc21. The Labute approximate surface area is 146 Å². The minimum atomic E-state index is -3.74. The lowest BCUT2D eigenvalue weighted by Crippen LogP contribution is -2.29. The highest BCUT2D eigenvalue weighted by molar-refractivity contribution is 7.88. The number of benzene rings is 1. The molecule has 1 amide bonds. The predicted molar refractivity (Wildman–Crippen MR) is 95.1 cm³/mol. The number of aryl methyl sites for hydroxylation is 1. The van der Waals surface area contributed by atoms with Gasteiger partial charge in [0, 0.05) is 19.2 Å². The molecule has 0 spiro atoms. The van der Waals surface area contributed by atoms with Gasteiger partial charge in [-0.25, -0.2) is 4.72 Å². The van der Waals surface area contributed by atoms with E-state index in [1.165, 1.54) is 6.07 Å². The molecule has 8 heteroatoms. The summed E-state index contributed by atoms with van der Waals surface area (Å²) in [7, 11) is -3.74. The van der Waals surface area contributed by atoms with Gasteiger partial charge in [0.2, 0.25) is 5.91 Å². The van der Waals surface area contributed by atoms with Gasteiger partial charge in [0.05, 0.1) is 12.1 Å². The van der Waals surface area contributed by atoms with Crippen LogP contribution in [0.1, 0.15) is 25.8 Å². The molecular formula is C17H21N3O4S. The molecule has 1 saturated heterocycles. The van der Waals surface area contributed by atoms with E-state index in [4.69, 9.17) is 0 Å². The number of nitrogens with zero attached hydrogens (tertiary/aromatic N) is 2. The fourth-order valence-corrected chi connectivity index (χ4v) is 3.99. The van der Waals surface area contributed by atoms with E-state index in [2.05, 4.69) is 13.8 Å². The molecule has 1 aromatic heterocycles. The zero-order chi connectivity index (χ0) is 18.2. The van der Waals surface area contributed by atoms with E-state index in [0.717, 1.165) is 27.2 Å². The number of aromatic nitrogens is 1. The van der Waals surface area contributed by atoms with Gasteiger partial charge in [0.1, 0.15) is 0 Å². The minimum Gasteiger partial charge on any atom is -0.308 e. The Hall–Kier alpha value is -2.19. The number of fused-ring (bicyclic) bond motifs is 1. The molecule has 7 nitrogen and oxygen atoms in total. The first kappa shape index (κ1) is 17.6. The molecule has 1 N–H and O–H groups in total. The Kier molecular flexibility index (Phi) is 4.66. The maximum absolute atomic E-state index is 12.2. The van der Waals surface area contributed by atoms with E-state index in [0.29, 0.717) is 12.5 Å². The molecule has 0 saturated carbocycles. The van der Waals surface area contributed by atoms with Crippen molar-refractivity contribution in [2.45, 2.75) is 33.4 Å². The Bertz CT molecular complexity index is 979. The van der Waals surface area contributed by atoms with Crippen molar-refractivity contribution in [3.8, 4) is 0 Å². The largest absolute Gasteiger partial charge is 0.308 e. The Balaban J connectivity index is 1.92. The summed E-state index contributed by atoms with van der Waals surface area (Å²) >= 11 is 0. The Morgan fingerprint density at radius 3 is 2.56 bits per heavy atom. The van der Waals surface area contributed by atoms with Crippen LogP contribution < -0.4 is 10.3 Å². The normalized spacial score (nSPS) is 17.3. The molecule has 1 aliphatic rings. The van der Waals surface area contributed by atoms with Gasteiger partial charge in [-0.1, -0.05) is 19.9 Å². The zero-order valence-corrected chi connectivity index (χ0v) is 15.0. The highest BCUT2D eigenvalue weighted by atomic mass is 32.2. The predicted octanol–water partition coefficient (Wildman–Crippen LogP) is 1.22. The summed E-state index contributed by atoms with van der Waals surface area (Å²) in [4.78, 5) is 23.5. The van der Waals surface area contributed by atoms with Crippen LogP contribution in [0.25, 0.3) is 10.9 Å². The monoisotopic (exact) mass is 363 g/mol. The fourth-order valence-electron chi connectivity index (χ4n) is 2.90. The molecule has 25 heavy (non-hydrogen) atoms. The van der Waals surface area contributed by atoms with Gasteiger partial charge in [-0.2, -0.15) is 12.7 Å². The number of rotatable bonds is 5. The highest BCUT2D eigenvalue weighted by Gasteiger charge is 2.33. The summed E-state index contributed by atoms with van der Waals surface area (Å²) in [5.74, 6) is -0.0323. The van der Waals surface area contributed by atoms with E-state index in [1.54, 1.807) is 16.7 Å². The average Bonchev–Trinajstić information content (AvgIpc) is 2.78. The lowest BCUT2D eigenvalue weighted by molar-refractivity contribution is -0.118. The van der Waals surface area contributed by atoms with Crippen LogP contribution in [0.5, 0.6) is 0 Å². The molecule has 0 aliphatic carbocycles. The maximum Gasteiger partial charge on any atom is 0.304 e. The lowest BCUT2D eigenvalue weighted by atomic mass is 10.1. The van der Waals surface area contributed by atoms with Crippen LogP contribution in [0.2, 0.25) is 0 Å². The summed E-state index contributed by atoms with van der Waals surface area (Å²) < 4.78 is 28.5. The molecule has 0 bridgehead atoms. The molecule has 3 rings (SSSR count). The second-order valence-corrected chi connectivity index (χ2v) is 8.37. The molecule has 2 heterocycles. The third-order valence-corrected chi connectivity index (χ3v) is 5.67. The summed E-state index contributed by atoms with van der Waals surface area (Å²) in [5, 5.41) is 0.872. The van der Waals surface area contributed by atoms with E-state index in [9.17, 15) is 18.0 Å². The van der Waals surface area contributed by atoms with Crippen molar-refractivity contribution in [3.05, 3.63) is 46.2 Å². The highest BCUT2D eigenvalue weighted by Crippen LogP contribution is 2.19. The molecule has 134 valence electrons. The number of amides is 1. The van der Waals surface area contributed by atoms with Crippen molar-refractivity contribution >= 4 is 27.0 Å². The second kappa shape index (κ2) is 6.61. The van der Waals surface area contributed by atoms with Gasteiger partial charge >= 0.3 is 10.2 Å². The van der Waals surface area contributed by atoms with Crippen LogP contribution in [0.4, 0.5) is 0 Å². The van der Waals surface area contributed by atoms with Gasteiger partial charge < -0.3 is 4.57 Å². The quantitative estimate of drug-likeness (QED) is 0.865. The summed E-state index contributed by atoms with van der Waals surface area (Å²) in [5.41, 5.74) is 1.55. The zero-order valence-electron chi connectivity index (χ0n) is 14.2. The van der Waals surface area contributed by atoms with Crippen LogP contribution in [0.15, 0.2) is 35.1 Å². The first-order valence-corrected chi connectivity index (χ1v) is 9.63. The van der Waals surface area contributed by atoms with Crippen LogP contribution in [0.3, 0.4) is 0 Å². The van der Waals surface area contributed by atoms with Gasteiger partial charge in [-0.05, 0) is 41.5 Å². The smallest absolute Gasteiger partial charge is 0.304 e. The molecule has 1 aromatic carbocycles. The molecule has 1 aliphatic heterocycles. The van der Waals surface area contributed by atoms with Crippen molar-refractivity contribution in [3.63, 3.8) is 0 Å². The van der Waals surface area contributed by atoms with Gasteiger partial charge in [-0.15, -0.1) is 0 Å². The number of hydrogen-bond donors (Lipinski definition) is 1. The Morgan fingerprint density at radius 2 is 1.92 bits per heavy atom. The van der Waals surface area contributed by atoms with Crippen LogP contribution in [-0.2, 0) is 28.1 Å². The second-order valence-electron chi connectivity index (χ2n) is 6.70. The first-order valence-electron chi connectivity index (χ1n) is 8.19. The Morgan fingerprint density at radius 1 is 1.16 bits per heavy atom. The van der Waals surface area contributed by atoms with E-state index in [1.807, 2.05) is 16.9 Å². The molecule has 0 atom stereocenters. The number of pyridine rings is 1. The molecule has 0 unspecified atom stereocenters. The van der Waals surface area contributed by atoms with Crippen molar-refractivity contribution in [2.75, 3.05) is 6.54 Å². The number of carbonyl (C=O) groups excluding carboxylic acids is 1. The topological polar surface area (TPSA) is 88.5 Å². The molecule has 0 radical (unpaired) electrons. The molecule has 2 aromatic rings. The maximum atomic E-state index is 12.2. The minimum absolute atomic E-state index is 0.0437. The van der Waals surface area contributed by atoms with Crippen LogP contribution in [-0.4, -0.2) is 29.7 Å². The molecular weight excluding hydrogens is 342 g/mol. The van der Waals surface area contributed by atoms with Gasteiger partial charge in [0.25, 0.3) is 5.56 Å². The van der Waals surface area contributed by atoms with Crippen molar-refractivity contribution in [2.24, 2.45) is 5.92 Å².